The Morgan fingerprint density at radius 1 is 1.23 bits per heavy atom. The van der Waals surface area contributed by atoms with Crippen LogP contribution < -0.4 is 14.5 Å². The molecule has 1 spiro atoms. The first-order chi connectivity index (χ1) is 14.5. The smallest absolute Gasteiger partial charge is 0.415 e. The van der Waals surface area contributed by atoms with Crippen molar-refractivity contribution in [1.29, 1.82) is 0 Å². The van der Waals surface area contributed by atoms with Crippen molar-refractivity contribution in [1.82, 2.24) is 0 Å². The molecule has 0 bridgehead atoms. The molecule has 1 amide bonds. The van der Waals surface area contributed by atoms with Gasteiger partial charge in [-0.05, 0) is 18.1 Å². The number of hydrogen-bond donors (Lipinski definition) is 0. The summed E-state index contributed by atoms with van der Waals surface area (Å²) < 4.78 is 38.2. The van der Waals surface area contributed by atoms with Crippen molar-refractivity contribution in [2.24, 2.45) is 5.41 Å². The third-order valence-corrected chi connectivity index (χ3v) is 12.0. The van der Waals surface area contributed by atoms with Gasteiger partial charge in [-0.2, -0.15) is 0 Å². The first kappa shape index (κ1) is 21.0. The molecule has 0 radical (unpaired) electrons. The second-order valence-corrected chi connectivity index (χ2v) is 15.7. The van der Waals surface area contributed by atoms with Gasteiger partial charge in [0.1, 0.15) is 30.3 Å². The summed E-state index contributed by atoms with van der Waals surface area (Å²) in [6, 6.07) is 2.78. The highest BCUT2D eigenvalue weighted by Crippen LogP contribution is 2.46. The summed E-state index contributed by atoms with van der Waals surface area (Å²) in [6.07, 6.45) is -0.911. The maximum Gasteiger partial charge on any atom is 0.415 e. The number of amides is 1. The molecule has 4 heterocycles. The number of anilines is 2. The molecule has 170 valence electrons. The topological polar surface area (TPSA) is 60.5 Å². The molecule has 3 fully saturated rings. The highest BCUT2D eigenvalue weighted by Gasteiger charge is 2.51. The minimum atomic E-state index is -1.98. The number of rotatable bonds is 4. The van der Waals surface area contributed by atoms with Gasteiger partial charge in [0, 0.05) is 25.2 Å². The van der Waals surface area contributed by atoms with Crippen LogP contribution in [0.1, 0.15) is 20.8 Å². The SMILES string of the molecule is CC(C)(C)[Si](C)(C)OC[C@@H]1OC(=O)N2c3cc(F)c(N4CC5(COC5)C4)cc3OC[C@@H]12. The van der Waals surface area contributed by atoms with Gasteiger partial charge < -0.3 is 23.5 Å². The average Bonchev–Trinajstić information content (AvgIpc) is 2.93. The van der Waals surface area contributed by atoms with E-state index in [1.54, 1.807) is 6.07 Å². The molecular weight excluding hydrogens is 419 g/mol. The molecule has 3 saturated heterocycles. The third-order valence-electron chi connectivity index (χ3n) is 7.53. The average molecular weight is 451 g/mol. The summed E-state index contributed by atoms with van der Waals surface area (Å²) in [5.41, 5.74) is 1.13. The number of cyclic esters (lactones) is 1. The molecule has 7 nitrogen and oxygen atoms in total. The number of ether oxygens (including phenoxy) is 3. The Bertz CT molecular complexity index is 906. The van der Waals surface area contributed by atoms with Crippen molar-refractivity contribution >= 4 is 25.8 Å². The molecule has 4 aliphatic rings. The normalized spacial score (nSPS) is 26.6. The van der Waals surface area contributed by atoms with Crippen molar-refractivity contribution in [2.45, 2.75) is 51.0 Å². The van der Waals surface area contributed by atoms with E-state index in [1.165, 1.54) is 11.0 Å². The van der Waals surface area contributed by atoms with Crippen molar-refractivity contribution in [2.75, 3.05) is 49.3 Å². The van der Waals surface area contributed by atoms with E-state index in [1.807, 2.05) is 4.90 Å². The molecule has 2 atom stereocenters. The Labute approximate surface area is 183 Å². The van der Waals surface area contributed by atoms with E-state index >= 15 is 4.39 Å². The minimum absolute atomic E-state index is 0.0611. The van der Waals surface area contributed by atoms with Gasteiger partial charge in [-0.15, -0.1) is 0 Å². The molecule has 0 aliphatic carbocycles. The first-order valence-corrected chi connectivity index (χ1v) is 13.8. The van der Waals surface area contributed by atoms with Gasteiger partial charge >= 0.3 is 6.09 Å². The van der Waals surface area contributed by atoms with E-state index in [2.05, 4.69) is 33.9 Å². The second-order valence-electron chi connectivity index (χ2n) is 10.9. The number of benzene rings is 1. The number of halogens is 1. The Hall–Kier alpha value is -1.84. The van der Waals surface area contributed by atoms with Crippen LogP contribution in [0.2, 0.25) is 18.1 Å². The van der Waals surface area contributed by atoms with Crippen molar-refractivity contribution in [3.8, 4) is 5.75 Å². The maximum absolute atomic E-state index is 15.0. The molecule has 5 rings (SSSR count). The standard InChI is InChI=1S/C22H31FN2O5Si/c1-21(2,3)31(4,5)29-9-19-17-8-28-18-7-15(24-10-22(11-24)12-27-13-22)14(23)6-16(18)25(17)20(26)30-19/h6-7,17,19H,8-13H2,1-5H3/t17-,19-/m0/s1. The van der Waals surface area contributed by atoms with Crippen LogP contribution in [0.4, 0.5) is 20.6 Å². The lowest BCUT2D eigenvalue weighted by molar-refractivity contribution is -0.127. The van der Waals surface area contributed by atoms with Crippen molar-refractivity contribution < 1.29 is 27.8 Å². The van der Waals surface area contributed by atoms with Gasteiger partial charge in [-0.1, -0.05) is 20.8 Å². The quantitative estimate of drug-likeness (QED) is 0.651. The Morgan fingerprint density at radius 3 is 2.55 bits per heavy atom. The Balaban J connectivity index is 1.32. The van der Waals surface area contributed by atoms with Crippen LogP contribution in [0.15, 0.2) is 12.1 Å². The summed E-state index contributed by atoms with van der Waals surface area (Å²) in [4.78, 5) is 16.2. The zero-order valence-corrected chi connectivity index (χ0v) is 19.9. The van der Waals surface area contributed by atoms with E-state index in [4.69, 9.17) is 18.6 Å². The summed E-state index contributed by atoms with van der Waals surface area (Å²) in [7, 11) is -1.98. The number of hydrogen-bond acceptors (Lipinski definition) is 6. The van der Waals surface area contributed by atoms with Crippen LogP contribution >= 0.6 is 0 Å². The van der Waals surface area contributed by atoms with Gasteiger partial charge in [0.05, 0.1) is 36.6 Å². The fourth-order valence-corrected chi connectivity index (χ4v) is 5.45. The minimum Gasteiger partial charge on any atom is -0.489 e. The number of fused-ring (bicyclic) bond motifs is 3. The summed E-state index contributed by atoms with van der Waals surface area (Å²) in [5.74, 6) is 0.160. The summed E-state index contributed by atoms with van der Waals surface area (Å²) in [6.45, 7) is 14.5. The predicted octanol–water partition coefficient (Wildman–Crippen LogP) is 3.77. The van der Waals surface area contributed by atoms with Gasteiger partial charge in [-0.3, -0.25) is 4.90 Å². The highest BCUT2D eigenvalue weighted by atomic mass is 28.4. The van der Waals surface area contributed by atoms with E-state index < -0.39 is 20.5 Å². The van der Waals surface area contributed by atoms with Crippen LogP contribution in [0, 0.1) is 11.2 Å². The maximum atomic E-state index is 15.0. The third kappa shape index (κ3) is 3.32. The van der Waals surface area contributed by atoms with E-state index in [0.717, 1.165) is 26.3 Å². The fraction of sp³-hybridized carbons (Fsp3) is 0.682. The van der Waals surface area contributed by atoms with Crippen molar-refractivity contribution in [3.63, 3.8) is 0 Å². The number of nitrogens with zero attached hydrogens (tertiary/aromatic N) is 2. The molecule has 1 aromatic rings. The van der Waals surface area contributed by atoms with Gasteiger partial charge in [-0.25, -0.2) is 9.18 Å². The summed E-state index contributed by atoms with van der Waals surface area (Å²) in [5, 5.41) is 0.0611. The van der Waals surface area contributed by atoms with Crippen LogP contribution in [0.25, 0.3) is 0 Å². The van der Waals surface area contributed by atoms with Gasteiger partial charge in [0.15, 0.2) is 8.32 Å². The summed E-state index contributed by atoms with van der Waals surface area (Å²) >= 11 is 0. The van der Waals surface area contributed by atoms with E-state index in [0.29, 0.717) is 30.3 Å². The molecule has 0 saturated carbocycles. The van der Waals surface area contributed by atoms with Crippen LogP contribution in [-0.2, 0) is 13.9 Å². The predicted molar refractivity (Wildman–Crippen MR) is 117 cm³/mol. The zero-order valence-electron chi connectivity index (χ0n) is 18.9. The lowest BCUT2D eigenvalue weighted by Crippen LogP contribution is -2.66. The van der Waals surface area contributed by atoms with E-state index in [9.17, 15) is 4.79 Å². The monoisotopic (exact) mass is 450 g/mol. The van der Waals surface area contributed by atoms with Crippen LogP contribution in [-0.4, -0.2) is 66.1 Å². The molecule has 0 unspecified atom stereocenters. The molecule has 0 aromatic heterocycles. The molecule has 31 heavy (non-hydrogen) atoms. The fourth-order valence-electron chi connectivity index (χ4n) is 4.44. The molecular formula is C22H31FN2O5Si. The lowest BCUT2D eigenvalue weighted by Gasteiger charge is -2.56. The zero-order chi connectivity index (χ0) is 22.2. The largest absolute Gasteiger partial charge is 0.489 e. The van der Waals surface area contributed by atoms with E-state index in [-0.39, 0.29) is 22.3 Å². The van der Waals surface area contributed by atoms with Gasteiger partial charge in [0.2, 0.25) is 0 Å². The second kappa shape index (κ2) is 6.83. The molecule has 1 aromatic carbocycles. The van der Waals surface area contributed by atoms with Crippen LogP contribution in [0.3, 0.4) is 0 Å². The lowest BCUT2D eigenvalue weighted by atomic mass is 9.77. The highest BCUT2D eigenvalue weighted by molar-refractivity contribution is 6.74. The molecule has 4 aliphatic heterocycles. The Morgan fingerprint density at radius 2 is 1.94 bits per heavy atom. The van der Waals surface area contributed by atoms with Crippen molar-refractivity contribution in [3.05, 3.63) is 17.9 Å². The molecule has 9 heteroatoms. The molecule has 0 N–H and O–H groups in total. The number of carbonyl (C=O) groups excluding carboxylic acids is 1. The van der Waals surface area contributed by atoms with Gasteiger partial charge in [0.25, 0.3) is 0 Å². The Kier molecular flexibility index (Phi) is 4.63. The van der Waals surface area contributed by atoms with Crippen LogP contribution in [0.5, 0.6) is 5.75 Å². The number of carbonyl (C=O) groups is 1. The first-order valence-electron chi connectivity index (χ1n) is 10.9.